The number of ether oxygens (including phenoxy) is 1. The Balaban J connectivity index is 2.69. The van der Waals surface area contributed by atoms with Crippen molar-refractivity contribution in [2.75, 3.05) is 7.11 Å². The van der Waals surface area contributed by atoms with Crippen LogP contribution in [0.4, 0.5) is 0 Å². The fourth-order valence-corrected chi connectivity index (χ4v) is 1.98. The highest BCUT2D eigenvalue weighted by Gasteiger charge is 2.09. The van der Waals surface area contributed by atoms with Crippen LogP contribution >= 0.6 is 11.3 Å². The molecule has 1 N–H and O–H groups in total. The van der Waals surface area contributed by atoms with Crippen LogP contribution < -0.4 is 0 Å². The zero-order chi connectivity index (χ0) is 9.84. The number of esters is 1. The summed E-state index contributed by atoms with van der Waals surface area (Å²) in [5.74, 6) is -0.326. The second-order valence-electron chi connectivity index (χ2n) is 2.85. The molecule has 0 bridgehead atoms. The molecule has 0 spiro atoms. The molecule has 0 saturated heterocycles. The van der Waals surface area contributed by atoms with Crippen LogP contribution in [-0.2, 0) is 11.2 Å². The highest BCUT2D eigenvalue weighted by Crippen LogP contribution is 2.17. The van der Waals surface area contributed by atoms with Crippen molar-refractivity contribution < 1.29 is 14.6 Å². The molecule has 1 heterocycles. The van der Waals surface area contributed by atoms with Gasteiger partial charge in [-0.3, -0.25) is 0 Å². The molecular weight excluding hydrogens is 188 g/mol. The minimum Gasteiger partial charge on any atom is -0.465 e. The highest BCUT2D eigenvalue weighted by molar-refractivity contribution is 7.10. The van der Waals surface area contributed by atoms with Gasteiger partial charge in [0, 0.05) is 16.7 Å². The first-order valence-electron chi connectivity index (χ1n) is 3.97. The molecule has 0 unspecified atom stereocenters. The van der Waals surface area contributed by atoms with Crippen molar-refractivity contribution in [2.24, 2.45) is 0 Å². The average Bonchev–Trinajstić information content (AvgIpc) is 2.50. The molecule has 1 atom stereocenters. The molecule has 0 aliphatic carbocycles. The van der Waals surface area contributed by atoms with Gasteiger partial charge in [0.1, 0.15) is 0 Å². The molecule has 4 heteroatoms. The minimum absolute atomic E-state index is 0.326. The summed E-state index contributed by atoms with van der Waals surface area (Å²) in [6.45, 7) is 1.72. The van der Waals surface area contributed by atoms with Crippen molar-refractivity contribution in [3.8, 4) is 0 Å². The molecule has 0 aromatic carbocycles. The summed E-state index contributed by atoms with van der Waals surface area (Å²) < 4.78 is 4.56. The lowest BCUT2D eigenvalue weighted by Crippen LogP contribution is -2.03. The predicted octanol–water partition coefficient (Wildman–Crippen LogP) is 1.46. The Morgan fingerprint density at radius 3 is 3.00 bits per heavy atom. The van der Waals surface area contributed by atoms with E-state index >= 15 is 0 Å². The lowest BCUT2D eigenvalue weighted by molar-refractivity contribution is 0.0601. The normalized spacial score (nSPS) is 12.5. The molecule has 0 fully saturated rings. The summed E-state index contributed by atoms with van der Waals surface area (Å²) in [5, 5.41) is 10.8. The SMILES string of the molecule is COC(=O)c1csc(C[C@H](C)O)c1. The number of carbonyl (C=O) groups excluding carboxylic acids is 1. The smallest absolute Gasteiger partial charge is 0.338 e. The summed E-state index contributed by atoms with van der Waals surface area (Å²) >= 11 is 1.46. The number of aliphatic hydroxyl groups is 1. The fourth-order valence-electron chi connectivity index (χ4n) is 1.00. The van der Waals surface area contributed by atoms with E-state index < -0.39 is 0 Å². The Labute approximate surface area is 81.0 Å². The van der Waals surface area contributed by atoms with Crippen molar-refractivity contribution in [3.05, 3.63) is 21.9 Å². The van der Waals surface area contributed by atoms with E-state index in [0.29, 0.717) is 12.0 Å². The van der Waals surface area contributed by atoms with Gasteiger partial charge in [0.2, 0.25) is 0 Å². The first-order chi connectivity index (χ1) is 6.13. The van der Waals surface area contributed by atoms with Crippen molar-refractivity contribution in [1.29, 1.82) is 0 Å². The molecule has 3 nitrogen and oxygen atoms in total. The molecule has 1 aromatic heterocycles. The van der Waals surface area contributed by atoms with Gasteiger partial charge in [0.05, 0.1) is 18.8 Å². The Hall–Kier alpha value is -0.870. The number of hydrogen-bond donors (Lipinski definition) is 1. The van der Waals surface area contributed by atoms with E-state index in [9.17, 15) is 4.79 Å². The molecule has 0 radical (unpaired) electrons. The van der Waals surface area contributed by atoms with Crippen molar-refractivity contribution in [3.63, 3.8) is 0 Å². The van der Waals surface area contributed by atoms with E-state index in [4.69, 9.17) is 5.11 Å². The van der Waals surface area contributed by atoms with Gasteiger partial charge in [-0.2, -0.15) is 0 Å². The van der Waals surface area contributed by atoms with Gasteiger partial charge in [-0.1, -0.05) is 0 Å². The van der Waals surface area contributed by atoms with Crippen LogP contribution in [0.15, 0.2) is 11.4 Å². The largest absolute Gasteiger partial charge is 0.465 e. The maximum absolute atomic E-state index is 11.0. The first kappa shape index (κ1) is 10.2. The molecule has 72 valence electrons. The van der Waals surface area contributed by atoms with Gasteiger partial charge in [0.15, 0.2) is 0 Å². The zero-order valence-electron chi connectivity index (χ0n) is 7.61. The number of hydrogen-bond acceptors (Lipinski definition) is 4. The minimum atomic E-state index is -0.371. The van der Waals surface area contributed by atoms with Crippen LogP contribution in [0.25, 0.3) is 0 Å². The van der Waals surface area contributed by atoms with Crippen LogP contribution in [0, 0.1) is 0 Å². The van der Waals surface area contributed by atoms with E-state index in [1.165, 1.54) is 18.4 Å². The quantitative estimate of drug-likeness (QED) is 0.751. The van der Waals surface area contributed by atoms with Crippen LogP contribution in [0.3, 0.4) is 0 Å². The van der Waals surface area contributed by atoms with Crippen molar-refractivity contribution >= 4 is 17.3 Å². The summed E-state index contributed by atoms with van der Waals surface area (Å²) in [4.78, 5) is 12.0. The second-order valence-corrected chi connectivity index (χ2v) is 3.84. The molecule has 0 amide bonds. The van der Waals surface area contributed by atoms with Gasteiger partial charge >= 0.3 is 5.97 Å². The summed E-state index contributed by atoms with van der Waals surface area (Å²) in [5.41, 5.74) is 0.558. The Morgan fingerprint density at radius 1 is 1.77 bits per heavy atom. The highest BCUT2D eigenvalue weighted by atomic mass is 32.1. The molecule has 0 aliphatic rings. The maximum atomic E-state index is 11.0. The van der Waals surface area contributed by atoms with E-state index in [1.54, 1.807) is 18.4 Å². The molecule has 1 rings (SSSR count). The van der Waals surface area contributed by atoms with Gasteiger partial charge in [-0.15, -0.1) is 11.3 Å². The topological polar surface area (TPSA) is 46.5 Å². The standard InChI is InChI=1S/C9H12O3S/c1-6(10)3-8-4-7(5-13-8)9(11)12-2/h4-6,10H,3H2,1-2H3/t6-/m0/s1. The average molecular weight is 200 g/mol. The molecule has 1 aromatic rings. The van der Waals surface area contributed by atoms with E-state index in [2.05, 4.69) is 4.74 Å². The van der Waals surface area contributed by atoms with Gasteiger partial charge in [0.25, 0.3) is 0 Å². The Kier molecular flexibility index (Phi) is 3.45. The number of methoxy groups -OCH3 is 1. The number of aliphatic hydroxyl groups excluding tert-OH is 1. The van der Waals surface area contributed by atoms with Crippen LogP contribution in [0.5, 0.6) is 0 Å². The molecular formula is C9H12O3S. The van der Waals surface area contributed by atoms with Gasteiger partial charge in [-0.25, -0.2) is 4.79 Å². The lowest BCUT2D eigenvalue weighted by atomic mass is 10.2. The van der Waals surface area contributed by atoms with Crippen LogP contribution in [-0.4, -0.2) is 24.3 Å². The van der Waals surface area contributed by atoms with Crippen molar-refractivity contribution in [2.45, 2.75) is 19.4 Å². The first-order valence-corrected chi connectivity index (χ1v) is 4.85. The summed E-state index contributed by atoms with van der Waals surface area (Å²) in [7, 11) is 1.36. The lowest BCUT2D eigenvalue weighted by Gasteiger charge is -1.98. The maximum Gasteiger partial charge on any atom is 0.338 e. The number of rotatable bonds is 3. The predicted molar refractivity (Wildman–Crippen MR) is 51.0 cm³/mol. The van der Waals surface area contributed by atoms with E-state index in [-0.39, 0.29) is 12.1 Å². The van der Waals surface area contributed by atoms with Crippen LogP contribution in [0.2, 0.25) is 0 Å². The number of carbonyl (C=O) groups is 1. The number of thiophene rings is 1. The van der Waals surface area contributed by atoms with Crippen molar-refractivity contribution in [1.82, 2.24) is 0 Å². The third kappa shape index (κ3) is 2.82. The van der Waals surface area contributed by atoms with E-state index in [1.807, 2.05) is 0 Å². The van der Waals surface area contributed by atoms with Gasteiger partial charge < -0.3 is 9.84 Å². The fraction of sp³-hybridized carbons (Fsp3) is 0.444. The van der Waals surface area contributed by atoms with Crippen LogP contribution in [0.1, 0.15) is 22.2 Å². The monoisotopic (exact) mass is 200 g/mol. The molecule has 0 saturated carbocycles. The Morgan fingerprint density at radius 2 is 2.46 bits per heavy atom. The third-order valence-electron chi connectivity index (χ3n) is 1.57. The second kappa shape index (κ2) is 4.39. The summed E-state index contributed by atoms with van der Waals surface area (Å²) in [6, 6.07) is 1.75. The molecule has 13 heavy (non-hydrogen) atoms. The third-order valence-corrected chi connectivity index (χ3v) is 2.53. The van der Waals surface area contributed by atoms with Gasteiger partial charge in [-0.05, 0) is 13.0 Å². The summed E-state index contributed by atoms with van der Waals surface area (Å²) in [6.07, 6.45) is 0.214. The Bertz CT molecular complexity index is 291. The molecule has 0 aliphatic heterocycles. The van der Waals surface area contributed by atoms with E-state index in [0.717, 1.165) is 4.88 Å². The zero-order valence-corrected chi connectivity index (χ0v) is 8.43.